The Morgan fingerprint density at radius 2 is 1.55 bits per heavy atom. The van der Waals surface area contributed by atoms with Crippen LogP contribution < -0.4 is 4.74 Å². The number of esters is 1. The third-order valence-electron chi connectivity index (χ3n) is 5.65. The van der Waals surface area contributed by atoms with Gasteiger partial charge >= 0.3 is 5.97 Å². The highest BCUT2D eigenvalue weighted by molar-refractivity contribution is 5.91. The predicted molar refractivity (Wildman–Crippen MR) is 102 cm³/mol. The Hall–Kier alpha value is -2.37. The molecule has 1 aliphatic rings. The number of rotatable bonds is 6. The molecule has 0 N–H and O–H groups in total. The molecule has 0 aromatic heterocycles. The minimum absolute atomic E-state index is 0.0208. The lowest BCUT2D eigenvalue weighted by Crippen LogP contribution is -2.17. The normalized spacial score (nSPS) is 19.2. The van der Waals surface area contributed by atoms with Crippen LogP contribution >= 0.6 is 0 Å². The first-order valence-electron chi connectivity index (χ1n) is 10.1. The molecule has 1 aliphatic carbocycles. The van der Waals surface area contributed by atoms with Crippen LogP contribution in [0.15, 0.2) is 30.3 Å². The summed E-state index contributed by atoms with van der Waals surface area (Å²) in [5, 5.41) is 0. The number of hydrogen-bond donors (Lipinski definition) is 0. The molecule has 0 amide bonds. The van der Waals surface area contributed by atoms with E-state index in [9.17, 15) is 22.4 Å². The Bertz CT molecular complexity index is 830. The Morgan fingerprint density at radius 3 is 2.10 bits per heavy atom. The summed E-state index contributed by atoms with van der Waals surface area (Å²) in [5.74, 6) is -5.56. The summed E-state index contributed by atoms with van der Waals surface area (Å²) in [6.45, 7) is 2.14. The molecule has 1 saturated carbocycles. The maximum absolute atomic E-state index is 14.7. The van der Waals surface area contributed by atoms with Crippen molar-refractivity contribution in [1.82, 2.24) is 0 Å². The van der Waals surface area contributed by atoms with Gasteiger partial charge in [0, 0.05) is 5.56 Å². The van der Waals surface area contributed by atoms with Crippen molar-refractivity contribution in [2.75, 3.05) is 0 Å². The molecule has 6 heteroatoms. The Labute approximate surface area is 167 Å². The lowest BCUT2D eigenvalue weighted by atomic mass is 9.76. The predicted octanol–water partition coefficient (Wildman–Crippen LogP) is 6.93. The number of unbranched alkanes of at least 4 members (excludes halogenated alkanes) is 1. The highest BCUT2D eigenvalue weighted by Crippen LogP contribution is 2.40. The molecule has 0 radical (unpaired) electrons. The van der Waals surface area contributed by atoms with Crippen molar-refractivity contribution in [1.29, 1.82) is 0 Å². The number of halogens is 4. The van der Waals surface area contributed by atoms with Gasteiger partial charge in [0.25, 0.3) is 0 Å². The number of hydrogen-bond acceptors (Lipinski definition) is 2. The minimum Gasteiger partial charge on any atom is -0.417 e. The van der Waals surface area contributed by atoms with Crippen LogP contribution in [0.5, 0.6) is 5.75 Å². The van der Waals surface area contributed by atoms with Crippen LogP contribution in [0.3, 0.4) is 0 Å². The molecule has 0 atom stereocenters. The minimum atomic E-state index is -1.22. The number of carbonyl (C=O) groups excluding carboxylic acids is 1. The molecule has 29 heavy (non-hydrogen) atoms. The van der Waals surface area contributed by atoms with Crippen molar-refractivity contribution in [2.24, 2.45) is 5.92 Å². The maximum atomic E-state index is 14.7. The van der Waals surface area contributed by atoms with Crippen molar-refractivity contribution in [3.8, 4) is 5.75 Å². The molecule has 2 aromatic rings. The van der Waals surface area contributed by atoms with Crippen molar-refractivity contribution in [2.45, 2.75) is 57.8 Å². The largest absolute Gasteiger partial charge is 0.417 e. The van der Waals surface area contributed by atoms with Crippen LogP contribution in [0, 0.1) is 29.2 Å². The summed E-state index contributed by atoms with van der Waals surface area (Å²) >= 11 is 0. The number of benzene rings is 2. The molecule has 0 heterocycles. The van der Waals surface area contributed by atoms with Gasteiger partial charge in [0.1, 0.15) is 11.6 Å². The van der Waals surface area contributed by atoms with Gasteiger partial charge in [0.2, 0.25) is 5.75 Å². The van der Waals surface area contributed by atoms with Gasteiger partial charge in [0.15, 0.2) is 11.6 Å². The van der Waals surface area contributed by atoms with Crippen LogP contribution in [0.4, 0.5) is 17.6 Å². The van der Waals surface area contributed by atoms with E-state index in [0.717, 1.165) is 62.4 Å². The Kier molecular flexibility index (Phi) is 6.93. The smallest absolute Gasteiger partial charge is 0.343 e. The molecule has 3 rings (SSSR count). The van der Waals surface area contributed by atoms with Crippen molar-refractivity contribution in [3.63, 3.8) is 0 Å². The fourth-order valence-electron chi connectivity index (χ4n) is 4.06. The first-order chi connectivity index (χ1) is 13.9. The molecular formula is C23H24F4O2. The van der Waals surface area contributed by atoms with Gasteiger partial charge in [-0.3, -0.25) is 0 Å². The maximum Gasteiger partial charge on any atom is 0.343 e. The van der Waals surface area contributed by atoms with Crippen molar-refractivity contribution >= 4 is 5.97 Å². The van der Waals surface area contributed by atoms with Gasteiger partial charge in [-0.25, -0.2) is 22.4 Å². The highest BCUT2D eigenvalue weighted by Gasteiger charge is 2.28. The standard InChI is InChI=1S/C23H24F4O2/c1-2-3-5-14-8-10-15(11-9-14)21-19(26)12-16(13-20(21)27)23(28)29-22-17(24)6-4-7-18(22)25/h4,6-7,12-15H,2-3,5,8-11H2,1H3. The molecule has 0 aliphatic heterocycles. The SMILES string of the molecule is CCCCC1CCC(c2c(F)cc(C(=O)Oc3c(F)cccc3F)cc2F)CC1. The second-order valence-electron chi connectivity index (χ2n) is 7.65. The topological polar surface area (TPSA) is 26.3 Å². The monoisotopic (exact) mass is 408 g/mol. The Morgan fingerprint density at radius 1 is 0.966 bits per heavy atom. The van der Waals surface area contributed by atoms with Gasteiger partial charge in [-0.1, -0.05) is 32.3 Å². The molecule has 0 spiro atoms. The lowest BCUT2D eigenvalue weighted by molar-refractivity contribution is 0.0719. The third-order valence-corrected chi connectivity index (χ3v) is 5.65. The molecule has 1 fully saturated rings. The van der Waals surface area contributed by atoms with E-state index in [-0.39, 0.29) is 11.5 Å². The summed E-state index contributed by atoms with van der Waals surface area (Å²) in [7, 11) is 0. The van der Waals surface area contributed by atoms with E-state index in [1.807, 2.05) is 0 Å². The second kappa shape index (κ2) is 9.42. The van der Waals surface area contributed by atoms with Crippen molar-refractivity contribution in [3.05, 3.63) is 64.7 Å². The molecular weight excluding hydrogens is 384 g/mol. The quantitative estimate of drug-likeness (QED) is 0.294. The van der Waals surface area contributed by atoms with E-state index in [4.69, 9.17) is 0 Å². The first kappa shape index (κ1) is 21.3. The zero-order valence-electron chi connectivity index (χ0n) is 16.3. The molecule has 156 valence electrons. The van der Waals surface area contributed by atoms with Gasteiger partial charge < -0.3 is 4.74 Å². The fraction of sp³-hybridized carbons (Fsp3) is 0.435. The summed E-state index contributed by atoms with van der Waals surface area (Å²) in [4.78, 5) is 12.2. The first-order valence-corrected chi connectivity index (χ1v) is 10.1. The molecule has 2 aromatic carbocycles. The number of ether oxygens (including phenoxy) is 1. The van der Waals surface area contributed by atoms with Gasteiger partial charge in [-0.15, -0.1) is 0 Å². The van der Waals surface area contributed by atoms with Crippen LogP contribution in [-0.4, -0.2) is 5.97 Å². The number of carbonyl (C=O) groups is 1. The van der Waals surface area contributed by atoms with E-state index in [0.29, 0.717) is 18.8 Å². The van der Waals surface area contributed by atoms with E-state index in [2.05, 4.69) is 11.7 Å². The summed E-state index contributed by atoms with van der Waals surface area (Å²) in [5.41, 5.74) is -0.449. The Balaban J connectivity index is 1.73. The summed E-state index contributed by atoms with van der Waals surface area (Å²) in [6.07, 6.45) is 6.71. The van der Waals surface area contributed by atoms with E-state index >= 15 is 0 Å². The lowest BCUT2D eigenvalue weighted by Gasteiger charge is -2.29. The number of para-hydroxylation sites is 1. The van der Waals surface area contributed by atoms with Crippen LogP contribution in [0.2, 0.25) is 0 Å². The van der Waals surface area contributed by atoms with Crippen LogP contribution in [0.1, 0.15) is 73.7 Å². The van der Waals surface area contributed by atoms with Gasteiger partial charge in [0.05, 0.1) is 5.56 Å². The van der Waals surface area contributed by atoms with E-state index in [1.165, 1.54) is 0 Å². The molecule has 0 saturated heterocycles. The molecule has 0 bridgehead atoms. The average molecular weight is 408 g/mol. The summed E-state index contributed by atoms with van der Waals surface area (Å²) < 4.78 is 61.3. The second-order valence-corrected chi connectivity index (χ2v) is 7.65. The third kappa shape index (κ3) is 4.98. The van der Waals surface area contributed by atoms with Gasteiger partial charge in [-0.05, 0) is 61.8 Å². The highest BCUT2D eigenvalue weighted by atomic mass is 19.1. The zero-order chi connectivity index (χ0) is 21.0. The van der Waals surface area contributed by atoms with Crippen LogP contribution in [-0.2, 0) is 0 Å². The van der Waals surface area contributed by atoms with Crippen molar-refractivity contribution < 1.29 is 27.1 Å². The molecule has 0 unspecified atom stereocenters. The zero-order valence-corrected chi connectivity index (χ0v) is 16.3. The van der Waals surface area contributed by atoms with E-state index < -0.39 is 40.6 Å². The fourth-order valence-corrected chi connectivity index (χ4v) is 4.06. The van der Waals surface area contributed by atoms with Gasteiger partial charge in [-0.2, -0.15) is 0 Å². The molecule has 2 nitrogen and oxygen atoms in total. The van der Waals surface area contributed by atoms with E-state index in [1.54, 1.807) is 0 Å². The van der Waals surface area contributed by atoms with Crippen LogP contribution in [0.25, 0.3) is 0 Å². The average Bonchev–Trinajstić information content (AvgIpc) is 2.69. The summed E-state index contributed by atoms with van der Waals surface area (Å²) in [6, 6.07) is 4.72.